The van der Waals surface area contributed by atoms with E-state index in [9.17, 15) is 4.79 Å². The second-order valence-corrected chi connectivity index (χ2v) is 7.16. The quantitative estimate of drug-likeness (QED) is 0.738. The number of nitrogens with two attached hydrogens (primary N) is 1. The topological polar surface area (TPSA) is 95.1 Å². The first-order valence-electron chi connectivity index (χ1n) is 8.63. The van der Waals surface area contributed by atoms with E-state index in [0.29, 0.717) is 23.4 Å². The van der Waals surface area contributed by atoms with Gasteiger partial charge in [0.05, 0.1) is 17.6 Å². The summed E-state index contributed by atoms with van der Waals surface area (Å²) in [5.74, 6) is 0.853. The smallest absolute Gasteiger partial charge is 0.258 e. The van der Waals surface area contributed by atoms with Crippen molar-refractivity contribution in [1.29, 1.82) is 0 Å². The highest BCUT2D eigenvalue weighted by Gasteiger charge is 2.71. The number of methoxy groups -OCH3 is 1. The summed E-state index contributed by atoms with van der Waals surface area (Å²) in [7, 11) is 1.65. The van der Waals surface area contributed by atoms with Crippen molar-refractivity contribution in [2.45, 2.75) is 25.0 Å². The van der Waals surface area contributed by atoms with E-state index in [-0.39, 0.29) is 11.4 Å². The zero-order valence-electron chi connectivity index (χ0n) is 14.4. The van der Waals surface area contributed by atoms with E-state index in [4.69, 9.17) is 10.5 Å². The summed E-state index contributed by atoms with van der Waals surface area (Å²) in [6.07, 6.45) is 5.66. The fraction of sp³-hybridized carbons (Fsp3) is 0.316. The molecule has 0 radical (unpaired) electrons. The van der Waals surface area contributed by atoms with Gasteiger partial charge in [0.25, 0.3) is 5.91 Å². The lowest BCUT2D eigenvalue weighted by atomic mass is 10.2. The van der Waals surface area contributed by atoms with Gasteiger partial charge in [0.2, 0.25) is 0 Å². The molecule has 2 aromatic heterocycles. The molecule has 0 unspecified atom stereocenters. The van der Waals surface area contributed by atoms with Gasteiger partial charge >= 0.3 is 0 Å². The molecule has 1 aromatic carbocycles. The summed E-state index contributed by atoms with van der Waals surface area (Å²) >= 11 is 0. The Labute approximate surface area is 150 Å². The largest absolute Gasteiger partial charge is 0.383 e. The minimum atomic E-state index is -0.205. The first kappa shape index (κ1) is 15.3. The van der Waals surface area contributed by atoms with Crippen molar-refractivity contribution in [3.63, 3.8) is 0 Å². The van der Waals surface area contributed by atoms with Crippen molar-refractivity contribution in [2.75, 3.05) is 18.2 Å². The molecule has 0 aliphatic heterocycles. The highest BCUT2D eigenvalue weighted by Crippen LogP contribution is 2.73. The van der Waals surface area contributed by atoms with Gasteiger partial charge in [0.15, 0.2) is 0 Å². The van der Waals surface area contributed by atoms with Gasteiger partial charge in [-0.1, -0.05) is 12.1 Å². The van der Waals surface area contributed by atoms with Gasteiger partial charge in [-0.3, -0.25) is 4.79 Å². The molecular formula is C19H19N5O2. The molecule has 1 amide bonds. The Morgan fingerprint density at radius 2 is 2.08 bits per heavy atom. The Hall–Kier alpha value is -2.93. The van der Waals surface area contributed by atoms with Crippen LogP contribution >= 0.6 is 0 Å². The van der Waals surface area contributed by atoms with E-state index in [2.05, 4.69) is 19.9 Å². The second kappa shape index (κ2) is 5.28. The third kappa shape index (κ3) is 2.20. The SMILES string of the molecule is COCc1ccc(NC(=O)c2cn(C34CC3C4)c3ncnc(N)c23)cc1. The number of anilines is 2. The number of nitrogens with zero attached hydrogens (tertiary/aromatic N) is 3. The maximum absolute atomic E-state index is 12.9. The van der Waals surface area contributed by atoms with E-state index in [0.717, 1.165) is 35.7 Å². The molecule has 0 atom stereocenters. The maximum atomic E-state index is 12.9. The number of ether oxygens (including phenoxy) is 1. The van der Waals surface area contributed by atoms with Crippen LogP contribution in [0.4, 0.5) is 11.5 Å². The molecule has 0 bridgehead atoms. The number of fused-ring (bicyclic) bond motifs is 2. The van der Waals surface area contributed by atoms with Crippen molar-refractivity contribution in [1.82, 2.24) is 14.5 Å². The first-order valence-corrected chi connectivity index (χ1v) is 8.63. The minimum Gasteiger partial charge on any atom is -0.383 e. The lowest BCUT2D eigenvalue weighted by Crippen LogP contribution is -2.12. The summed E-state index contributed by atoms with van der Waals surface area (Å²) in [6.45, 7) is 0.541. The van der Waals surface area contributed by atoms with Crippen LogP contribution < -0.4 is 11.1 Å². The van der Waals surface area contributed by atoms with Crippen molar-refractivity contribution in [2.24, 2.45) is 5.92 Å². The van der Waals surface area contributed by atoms with Gasteiger partial charge in [-0.15, -0.1) is 0 Å². The standard InChI is InChI=1S/C19H19N5O2/c1-26-9-11-2-4-13(5-3-11)23-18(25)14-8-24(19-6-12(19)7-19)17-15(14)16(20)21-10-22-17/h2-5,8,10,12H,6-7,9H2,1H3,(H,23,25)(H2,20,21,22). The highest BCUT2D eigenvalue weighted by atomic mass is 16.5. The monoisotopic (exact) mass is 349 g/mol. The zero-order valence-corrected chi connectivity index (χ0v) is 14.4. The lowest BCUT2D eigenvalue weighted by Gasteiger charge is -2.06. The van der Waals surface area contributed by atoms with Crippen LogP contribution in [0.2, 0.25) is 0 Å². The van der Waals surface area contributed by atoms with Crippen LogP contribution in [0.25, 0.3) is 11.0 Å². The molecule has 26 heavy (non-hydrogen) atoms. The van der Waals surface area contributed by atoms with E-state index < -0.39 is 0 Å². The summed E-state index contributed by atoms with van der Waals surface area (Å²) in [4.78, 5) is 21.4. The first-order chi connectivity index (χ1) is 12.6. The molecule has 2 heterocycles. The molecule has 7 nitrogen and oxygen atoms in total. The predicted octanol–water partition coefficient (Wildman–Crippen LogP) is 2.53. The van der Waals surface area contributed by atoms with Crippen molar-refractivity contribution >= 4 is 28.4 Å². The third-order valence-electron chi connectivity index (χ3n) is 5.50. The van der Waals surface area contributed by atoms with Gasteiger partial charge in [0, 0.05) is 24.5 Å². The average molecular weight is 349 g/mol. The van der Waals surface area contributed by atoms with Gasteiger partial charge in [-0.25, -0.2) is 9.97 Å². The Kier molecular flexibility index (Phi) is 3.12. The normalized spacial score (nSPS) is 22.9. The second-order valence-electron chi connectivity index (χ2n) is 7.16. The van der Waals surface area contributed by atoms with Gasteiger partial charge in [0.1, 0.15) is 17.8 Å². The molecule has 0 spiro atoms. The van der Waals surface area contributed by atoms with Crippen molar-refractivity contribution in [3.8, 4) is 0 Å². The average Bonchev–Trinajstić information content (AvgIpc) is 3.46. The summed E-state index contributed by atoms with van der Waals surface area (Å²) < 4.78 is 7.23. The Balaban J connectivity index is 1.49. The number of hydrogen-bond donors (Lipinski definition) is 2. The number of hydrogen-bond acceptors (Lipinski definition) is 5. The number of nitrogens with one attached hydrogen (secondary N) is 1. The molecule has 2 aliphatic carbocycles. The van der Waals surface area contributed by atoms with Crippen LogP contribution in [-0.2, 0) is 16.9 Å². The summed E-state index contributed by atoms with van der Waals surface area (Å²) in [5, 5.41) is 3.57. The van der Waals surface area contributed by atoms with E-state index in [1.807, 2.05) is 30.5 Å². The predicted molar refractivity (Wildman–Crippen MR) is 97.7 cm³/mol. The Morgan fingerprint density at radius 1 is 1.35 bits per heavy atom. The van der Waals surface area contributed by atoms with E-state index >= 15 is 0 Å². The molecule has 2 aliphatic rings. The maximum Gasteiger partial charge on any atom is 0.258 e. The molecule has 3 N–H and O–H groups in total. The lowest BCUT2D eigenvalue weighted by molar-refractivity contribution is 0.102. The van der Waals surface area contributed by atoms with Crippen molar-refractivity contribution < 1.29 is 9.53 Å². The molecular weight excluding hydrogens is 330 g/mol. The minimum absolute atomic E-state index is 0.166. The molecule has 0 saturated heterocycles. The Bertz CT molecular complexity index is 1020. The number of nitrogen functional groups attached to an aromatic ring is 1. The zero-order chi connectivity index (χ0) is 17.9. The van der Waals surface area contributed by atoms with Crippen molar-refractivity contribution in [3.05, 3.63) is 47.9 Å². The van der Waals surface area contributed by atoms with E-state index in [1.165, 1.54) is 6.33 Å². The molecule has 7 heteroatoms. The summed E-state index contributed by atoms with van der Waals surface area (Å²) in [6, 6.07) is 7.58. The van der Waals surface area contributed by atoms with Crippen LogP contribution in [0.1, 0.15) is 28.8 Å². The van der Waals surface area contributed by atoms with Crippen LogP contribution in [0.5, 0.6) is 0 Å². The fourth-order valence-electron chi connectivity index (χ4n) is 3.72. The number of aromatic nitrogens is 3. The van der Waals surface area contributed by atoms with Gasteiger partial charge in [-0.05, 0) is 36.5 Å². The Morgan fingerprint density at radius 3 is 2.73 bits per heavy atom. The number of benzene rings is 1. The molecule has 2 fully saturated rings. The molecule has 132 valence electrons. The van der Waals surface area contributed by atoms with Gasteiger partial charge in [-0.2, -0.15) is 0 Å². The van der Waals surface area contributed by atoms with Crippen LogP contribution in [0.3, 0.4) is 0 Å². The molecule has 5 rings (SSSR count). The number of amides is 1. The molecule has 2 saturated carbocycles. The number of rotatable bonds is 5. The molecule has 3 aromatic rings. The van der Waals surface area contributed by atoms with Gasteiger partial charge < -0.3 is 20.4 Å². The summed E-state index contributed by atoms with van der Waals surface area (Å²) in [5.41, 5.74) is 9.28. The highest BCUT2D eigenvalue weighted by molar-refractivity contribution is 6.14. The van der Waals surface area contributed by atoms with E-state index in [1.54, 1.807) is 7.11 Å². The van der Waals surface area contributed by atoms with Crippen LogP contribution in [0.15, 0.2) is 36.8 Å². The number of carbonyl (C=O) groups excluding carboxylic acids is 1. The van der Waals surface area contributed by atoms with Crippen LogP contribution in [-0.4, -0.2) is 27.6 Å². The fourth-order valence-corrected chi connectivity index (χ4v) is 3.72. The number of carbonyl (C=O) groups is 1. The van der Waals surface area contributed by atoms with Crippen LogP contribution in [0, 0.1) is 5.92 Å². The third-order valence-corrected chi connectivity index (χ3v) is 5.50.